The Balaban J connectivity index is 2.27. The van der Waals surface area contributed by atoms with Crippen LogP contribution in [0.3, 0.4) is 0 Å². The van der Waals surface area contributed by atoms with Gasteiger partial charge in [-0.2, -0.15) is 0 Å². The van der Waals surface area contributed by atoms with Gasteiger partial charge in [-0.15, -0.1) is 16.8 Å². The van der Waals surface area contributed by atoms with Gasteiger partial charge in [0.2, 0.25) is 5.91 Å². The number of primary amides is 1. The molecule has 1 aromatic heterocycles. The minimum absolute atomic E-state index is 0.470. The summed E-state index contributed by atoms with van der Waals surface area (Å²) in [5.41, 5.74) is 5.80. The molecule has 9 heteroatoms. The molecule has 126 valence electrons. The smallest absolute Gasteiger partial charge is 0.318 e. The second-order valence-electron chi connectivity index (χ2n) is 4.83. The van der Waals surface area contributed by atoms with Crippen LogP contribution in [0.4, 0.5) is 4.79 Å². The van der Waals surface area contributed by atoms with Crippen molar-refractivity contribution in [3.05, 3.63) is 41.9 Å². The van der Waals surface area contributed by atoms with Gasteiger partial charge >= 0.3 is 6.03 Å². The number of halogens is 1. The van der Waals surface area contributed by atoms with Gasteiger partial charge in [0, 0.05) is 17.1 Å². The molecule has 0 unspecified atom stereocenters. The second-order valence-corrected chi connectivity index (χ2v) is 6.57. The first-order valence-corrected chi connectivity index (χ1v) is 8.25. The van der Waals surface area contributed by atoms with Crippen molar-refractivity contribution in [3.63, 3.8) is 0 Å². The van der Waals surface area contributed by atoms with E-state index in [1.807, 2.05) is 22.0 Å². The average molecular weight is 366 g/mol. The summed E-state index contributed by atoms with van der Waals surface area (Å²) in [7, 11) is 0. The fraction of sp³-hybridized carbons (Fsp3) is 0.200. The van der Waals surface area contributed by atoms with Crippen LogP contribution in [-0.4, -0.2) is 32.0 Å². The third kappa shape index (κ3) is 4.36. The fourth-order valence-electron chi connectivity index (χ4n) is 1.92. The lowest BCUT2D eigenvalue weighted by Gasteiger charge is -2.11. The molecule has 0 saturated carbocycles. The molecule has 0 fully saturated rings. The van der Waals surface area contributed by atoms with Gasteiger partial charge in [0.05, 0.1) is 5.25 Å². The number of imide groups is 1. The van der Waals surface area contributed by atoms with Crippen LogP contribution >= 0.6 is 23.4 Å². The first kappa shape index (κ1) is 18.0. The second kappa shape index (κ2) is 7.98. The predicted molar refractivity (Wildman–Crippen MR) is 93.7 cm³/mol. The van der Waals surface area contributed by atoms with E-state index in [0.717, 1.165) is 5.56 Å². The van der Waals surface area contributed by atoms with Gasteiger partial charge in [-0.3, -0.25) is 14.7 Å². The van der Waals surface area contributed by atoms with Crippen molar-refractivity contribution in [2.24, 2.45) is 5.73 Å². The Morgan fingerprint density at radius 1 is 1.42 bits per heavy atom. The van der Waals surface area contributed by atoms with E-state index in [2.05, 4.69) is 16.8 Å². The van der Waals surface area contributed by atoms with E-state index >= 15 is 0 Å². The Labute approximate surface area is 148 Å². The summed E-state index contributed by atoms with van der Waals surface area (Å²) < 4.78 is 1.83. The monoisotopic (exact) mass is 365 g/mol. The first-order chi connectivity index (χ1) is 11.4. The van der Waals surface area contributed by atoms with Crippen LogP contribution in [0.1, 0.15) is 6.92 Å². The topological polar surface area (TPSA) is 103 Å². The number of thioether (sulfide) groups is 1. The number of nitrogens with one attached hydrogen (secondary N) is 1. The number of nitrogens with zero attached hydrogens (tertiary/aromatic N) is 3. The quantitative estimate of drug-likeness (QED) is 0.604. The van der Waals surface area contributed by atoms with E-state index in [4.69, 9.17) is 17.3 Å². The minimum Gasteiger partial charge on any atom is -0.351 e. The van der Waals surface area contributed by atoms with Gasteiger partial charge in [-0.1, -0.05) is 29.4 Å². The van der Waals surface area contributed by atoms with Crippen molar-refractivity contribution >= 4 is 35.3 Å². The SMILES string of the molecule is C=CCn1c(S[C@@H](C)C(=O)NC(N)=O)nnc1-c1ccc(Cl)cc1. The van der Waals surface area contributed by atoms with Crippen molar-refractivity contribution in [2.45, 2.75) is 23.9 Å². The molecule has 1 heterocycles. The highest BCUT2D eigenvalue weighted by atomic mass is 35.5. The normalized spacial score (nSPS) is 11.8. The maximum Gasteiger partial charge on any atom is 0.318 e. The van der Waals surface area contributed by atoms with Crippen LogP contribution in [0.2, 0.25) is 5.02 Å². The summed E-state index contributed by atoms with van der Waals surface area (Å²) in [5, 5.41) is 11.0. The third-order valence-electron chi connectivity index (χ3n) is 3.03. The summed E-state index contributed by atoms with van der Waals surface area (Å²) in [6.07, 6.45) is 1.71. The van der Waals surface area contributed by atoms with Crippen LogP contribution in [0.5, 0.6) is 0 Å². The molecule has 0 aliphatic rings. The number of hydrogen-bond donors (Lipinski definition) is 2. The fourth-order valence-corrected chi connectivity index (χ4v) is 2.90. The highest BCUT2D eigenvalue weighted by Crippen LogP contribution is 2.27. The molecule has 1 aromatic carbocycles. The standard InChI is InChI=1S/C15H16ClN5O2S/c1-3-8-21-12(10-4-6-11(16)7-5-10)19-20-15(21)24-9(2)13(22)18-14(17)23/h3-7,9H,1,8H2,2H3,(H3,17,18,22,23)/t9-/m0/s1. The molecule has 24 heavy (non-hydrogen) atoms. The highest BCUT2D eigenvalue weighted by molar-refractivity contribution is 8.00. The van der Waals surface area contributed by atoms with Gasteiger partial charge in [0.25, 0.3) is 0 Å². The minimum atomic E-state index is -0.887. The van der Waals surface area contributed by atoms with Crippen molar-refractivity contribution in [1.29, 1.82) is 0 Å². The highest BCUT2D eigenvalue weighted by Gasteiger charge is 2.21. The van der Waals surface area contributed by atoms with Gasteiger partial charge in [-0.05, 0) is 31.2 Å². The lowest BCUT2D eigenvalue weighted by atomic mass is 10.2. The van der Waals surface area contributed by atoms with E-state index in [-0.39, 0.29) is 0 Å². The Kier molecular flexibility index (Phi) is 5.99. The van der Waals surface area contributed by atoms with E-state index in [1.165, 1.54) is 11.8 Å². The van der Waals surface area contributed by atoms with Gasteiger partial charge in [0.1, 0.15) is 0 Å². The molecular weight excluding hydrogens is 350 g/mol. The van der Waals surface area contributed by atoms with Crippen molar-refractivity contribution < 1.29 is 9.59 Å². The largest absolute Gasteiger partial charge is 0.351 e. The molecule has 3 N–H and O–H groups in total. The number of carbonyl (C=O) groups excluding carboxylic acids is 2. The number of rotatable bonds is 6. The third-order valence-corrected chi connectivity index (χ3v) is 4.36. The lowest BCUT2D eigenvalue weighted by Crippen LogP contribution is -2.39. The van der Waals surface area contributed by atoms with E-state index in [1.54, 1.807) is 25.1 Å². The van der Waals surface area contributed by atoms with Crippen LogP contribution < -0.4 is 11.1 Å². The van der Waals surface area contributed by atoms with Crippen molar-refractivity contribution in [1.82, 2.24) is 20.1 Å². The van der Waals surface area contributed by atoms with Crippen molar-refractivity contribution in [2.75, 3.05) is 0 Å². The van der Waals surface area contributed by atoms with Crippen molar-refractivity contribution in [3.8, 4) is 11.4 Å². The molecule has 2 rings (SSSR count). The molecule has 0 saturated heterocycles. The van der Waals surface area contributed by atoms with Crippen LogP contribution in [0.25, 0.3) is 11.4 Å². The molecule has 2 aromatic rings. The average Bonchev–Trinajstić information content (AvgIpc) is 2.90. The molecule has 0 bridgehead atoms. The number of urea groups is 1. The Morgan fingerprint density at radius 2 is 2.08 bits per heavy atom. The Hall–Kier alpha value is -2.32. The maximum atomic E-state index is 11.8. The number of benzene rings is 1. The summed E-state index contributed by atoms with van der Waals surface area (Å²) >= 11 is 7.08. The van der Waals surface area contributed by atoms with Gasteiger partial charge in [0.15, 0.2) is 11.0 Å². The summed E-state index contributed by atoms with van der Waals surface area (Å²) in [4.78, 5) is 22.6. The number of amides is 3. The zero-order valence-electron chi connectivity index (χ0n) is 12.9. The van der Waals surface area contributed by atoms with E-state index in [0.29, 0.717) is 22.5 Å². The zero-order valence-corrected chi connectivity index (χ0v) is 14.5. The number of hydrogen-bond acceptors (Lipinski definition) is 5. The number of allylic oxidation sites excluding steroid dienone is 1. The number of carbonyl (C=O) groups is 2. The van der Waals surface area contributed by atoms with Gasteiger partial charge < -0.3 is 5.73 Å². The number of aromatic nitrogens is 3. The lowest BCUT2D eigenvalue weighted by molar-refractivity contribution is -0.119. The number of nitrogens with two attached hydrogens (primary N) is 1. The molecule has 3 amide bonds. The Bertz CT molecular complexity index is 760. The first-order valence-electron chi connectivity index (χ1n) is 6.99. The predicted octanol–water partition coefficient (Wildman–Crippen LogP) is 2.46. The summed E-state index contributed by atoms with van der Waals surface area (Å²) in [6.45, 7) is 5.85. The molecular formula is C15H16ClN5O2S. The van der Waals surface area contributed by atoms with Crippen LogP contribution in [0, 0.1) is 0 Å². The summed E-state index contributed by atoms with van der Waals surface area (Å²) in [5.74, 6) is 0.144. The van der Waals surface area contributed by atoms with Crippen LogP contribution in [0.15, 0.2) is 42.1 Å². The molecule has 0 aliphatic heterocycles. The summed E-state index contributed by atoms with van der Waals surface area (Å²) in [6, 6.07) is 6.31. The molecule has 1 atom stereocenters. The zero-order chi connectivity index (χ0) is 17.7. The van der Waals surface area contributed by atoms with E-state index < -0.39 is 17.2 Å². The Morgan fingerprint density at radius 3 is 2.67 bits per heavy atom. The molecule has 0 aliphatic carbocycles. The molecule has 7 nitrogen and oxygen atoms in total. The molecule has 0 spiro atoms. The van der Waals surface area contributed by atoms with Gasteiger partial charge in [-0.25, -0.2) is 4.79 Å². The van der Waals surface area contributed by atoms with E-state index in [9.17, 15) is 9.59 Å². The maximum absolute atomic E-state index is 11.8. The molecule has 0 radical (unpaired) electrons. The van der Waals surface area contributed by atoms with Crippen LogP contribution in [-0.2, 0) is 11.3 Å².